The topological polar surface area (TPSA) is 81.7 Å². The van der Waals surface area contributed by atoms with E-state index in [9.17, 15) is 4.79 Å². The molecule has 0 aliphatic carbocycles. The van der Waals surface area contributed by atoms with Crippen LogP contribution in [0, 0.1) is 0 Å². The molecular weight excluding hydrogens is 334 g/mol. The summed E-state index contributed by atoms with van der Waals surface area (Å²) in [7, 11) is 4.52. The molecule has 0 bridgehead atoms. The fourth-order valence-electron chi connectivity index (χ4n) is 2.34. The van der Waals surface area contributed by atoms with Gasteiger partial charge in [-0.3, -0.25) is 4.79 Å². The maximum Gasteiger partial charge on any atom is 0.255 e. The van der Waals surface area contributed by atoms with Gasteiger partial charge < -0.3 is 24.8 Å². The number of anilines is 2. The van der Waals surface area contributed by atoms with Gasteiger partial charge in [-0.15, -0.1) is 0 Å². The summed E-state index contributed by atoms with van der Waals surface area (Å²) in [5, 5.41) is 6.07. The van der Waals surface area contributed by atoms with Crippen molar-refractivity contribution in [3.05, 3.63) is 36.0 Å². The van der Waals surface area contributed by atoms with Crippen LogP contribution in [0.1, 0.15) is 31.1 Å². The number of aromatic nitrogens is 1. The van der Waals surface area contributed by atoms with Gasteiger partial charge >= 0.3 is 0 Å². The molecule has 0 atom stereocenters. The van der Waals surface area contributed by atoms with Crippen molar-refractivity contribution in [2.75, 3.05) is 32.0 Å². The lowest BCUT2D eigenvalue weighted by Gasteiger charge is -2.21. The number of pyridine rings is 1. The molecule has 2 aromatic rings. The van der Waals surface area contributed by atoms with Crippen LogP contribution in [0.4, 0.5) is 11.5 Å². The molecule has 1 heterocycles. The number of nitrogens with one attached hydrogen (secondary N) is 2. The molecule has 1 aromatic carbocycles. The number of methoxy groups -OCH3 is 3. The first-order valence-electron chi connectivity index (χ1n) is 8.13. The van der Waals surface area contributed by atoms with E-state index in [1.54, 1.807) is 24.4 Å². The minimum absolute atomic E-state index is 0.0893. The molecule has 0 radical (unpaired) electrons. The van der Waals surface area contributed by atoms with Crippen molar-refractivity contribution in [1.82, 2.24) is 4.98 Å². The van der Waals surface area contributed by atoms with E-state index in [1.165, 1.54) is 21.3 Å². The first-order chi connectivity index (χ1) is 12.3. The summed E-state index contributed by atoms with van der Waals surface area (Å²) in [5.41, 5.74) is 0.883. The standard InChI is InChI=1S/C19H25N3O4/c1-19(2,3)22-16-8-7-13(11-20-16)21-18(23)12-9-14(24-4)17(26-6)15(10-12)25-5/h7-11H,1-6H3,(H,20,22)(H,21,23). The molecule has 0 fully saturated rings. The van der Waals surface area contributed by atoms with Gasteiger partial charge in [-0.1, -0.05) is 0 Å². The molecule has 1 amide bonds. The van der Waals surface area contributed by atoms with E-state index in [0.717, 1.165) is 5.82 Å². The number of hydrogen-bond acceptors (Lipinski definition) is 6. The van der Waals surface area contributed by atoms with Crippen LogP contribution >= 0.6 is 0 Å². The molecule has 140 valence electrons. The second kappa shape index (κ2) is 7.95. The van der Waals surface area contributed by atoms with Gasteiger partial charge in [0.25, 0.3) is 5.91 Å². The summed E-state index contributed by atoms with van der Waals surface area (Å²) in [4.78, 5) is 16.9. The van der Waals surface area contributed by atoms with Gasteiger partial charge in [-0.2, -0.15) is 0 Å². The third kappa shape index (κ3) is 4.78. The van der Waals surface area contributed by atoms with Gasteiger partial charge in [-0.05, 0) is 45.0 Å². The number of amides is 1. The van der Waals surface area contributed by atoms with Crippen molar-refractivity contribution in [2.45, 2.75) is 26.3 Å². The predicted molar refractivity (Wildman–Crippen MR) is 102 cm³/mol. The molecule has 0 saturated carbocycles. The smallest absolute Gasteiger partial charge is 0.255 e. The number of carbonyl (C=O) groups excluding carboxylic acids is 1. The van der Waals surface area contributed by atoms with Crippen molar-refractivity contribution in [2.24, 2.45) is 0 Å². The number of benzene rings is 1. The van der Waals surface area contributed by atoms with Gasteiger partial charge in [0.2, 0.25) is 5.75 Å². The highest BCUT2D eigenvalue weighted by Crippen LogP contribution is 2.38. The average Bonchev–Trinajstić information content (AvgIpc) is 2.60. The summed E-state index contributed by atoms with van der Waals surface area (Å²) in [6.07, 6.45) is 1.60. The maximum atomic E-state index is 12.6. The average molecular weight is 359 g/mol. The van der Waals surface area contributed by atoms with E-state index < -0.39 is 0 Å². The first-order valence-corrected chi connectivity index (χ1v) is 8.13. The SMILES string of the molecule is COc1cc(C(=O)Nc2ccc(NC(C)(C)C)nc2)cc(OC)c1OC. The van der Waals surface area contributed by atoms with E-state index in [-0.39, 0.29) is 11.4 Å². The number of ether oxygens (including phenoxy) is 3. The van der Waals surface area contributed by atoms with Crippen molar-refractivity contribution >= 4 is 17.4 Å². The summed E-state index contributed by atoms with van der Waals surface area (Å²) in [5.74, 6) is 1.70. The molecule has 2 N–H and O–H groups in total. The van der Waals surface area contributed by atoms with Gasteiger partial charge in [0.05, 0.1) is 33.2 Å². The predicted octanol–water partition coefficient (Wildman–Crippen LogP) is 3.57. The maximum absolute atomic E-state index is 12.6. The monoisotopic (exact) mass is 359 g/mol. The fourth-order valence-corrected chi connectivity index (χ4v) is 2.34. The summed E-state index contributed by atoms with van der Waals surface area (Å²) in [6.45, 7) is 6.15. The highest BCUT2D eigenvalue weighted by molar-refractivity contribution is 6.05. The van der Waals surface area contributed by atoms with Crippen molar-refractivity contribution in [3.8, 4) is 17.2 Å². The number of rotatable bonds is 6. The van der Waals surface area contributed by atoms with Gasteiger partial charge in [-0.25, -0.2) is 4.98 Å². The molecular formula is C19H25N3O4. The normalized spacial score (nSPS) is 10.8. The molecule has 1 aromatic heterocycles. The molecule has 0 spiro atoms. The largest absolute Gasteiger partial charge is 0.493 e. The second-order valence-corrected chi connectivity index (χ2v) is 6.68. The van der Waals surface area contributed by atoms with E-state index in [4.69, 9.17) is 14.2 Å². The molecule has 26 heavy (non-hydrogen) atoms. The molecule has 7 heteroatoms. The molecule has 0 unspecified atom stereocenters. The van der Waals surface area contributed by atoms with Crippen molar-refractivity contribution in [3.63, 3.8) is 0 Å². The number of carbonyl (C=O) groups is 1. The van der Waals surface area contributed by atoms with Crippen LogP contribution in [0.25, 0.3) is 0 Å². The Kier molecular flexibility index (Phi) is 5.92. The van der Waals surface area contributed by atoms with Crippen LogP contribution < -0.4 is 24.8 Å². The zero-order valence-corrected chi connectivity index (χ0v) is 16.0. The van der Waals surface area contributed by atoms with Crippen LogP contribution in [-0.4, -0.2) is 37.8 Å². The van der Waals surface area contributed by atoms with Gasteiger partial charge in [0, 0.05) is 11.1 Å². The Morgan fingerprint density at radius 3 is 2.04 bits per heavy atom. The Balaban J connectivity index is 2.19. The van der Waals surface area contributed by atoms with Crippen LogP contribution in [-0.2, 0) is 0 Å². The summed E-state index contributed by atoms with van der Waals surface area (Å²) >= 11 is 0. The highest BCUT2D eigenvalue weighted by atomic mass is 16.5. The minimum atomic E-state index is -0.303. The molecule has 7 nitrogen and oxygen atoms in total. The Labute approximate surface area is 153 Å². The van der Waals surface area contributed by atoms with Crippen molar-refractivity contribution < 1.29 is 19.0 Å². The lowest BCUT2D eigenvalue weighted by molar-refractivity contribution is 0.102. The van der Waals surface area contributed by atoms with E-state index >= 15 is 0 Å². The zero-order valence-electron chi connectivity index (χ0n) is 16.0. The molecule has 0 saturated heterocycles. The van der Waals surface area contributed by atoms with Crippen LogP contribution in [0.2, 0.25) is 0 Å². The third-order valence-corrected chi connectivity index (χ3v) is 3.45. The minimum Gasteiger partial charge on any atom is -0.493 e. The Morgan fingerprint density at radius 2 is 1.62 bits per heavy atom. The van der Waals surface area contributed by atoms with Gasteiger partial charge in [0.1, 0.15) is 5.82 Å². The summed E-state index contributed by atoms with van der Waals surface area (Å²) in [6, 6.07) is 6.80. The lowest BCUT2D eigenvalue weighted by Crippen LogP contribution is -2.26. The molecule has 0 aliphatic rings. The zero-order chi connectivity index (χ0) is 19.3. The van der Waals surface area contributed by atoms with Crippen molar-refractivity contribution in [1.29, 1.82) is 0 Å². The highest BCUT2D eigenvalue weighted by Gasteiger charge is 2.17. The van der Waals surface area contributed by atoms with Crippen LogP contribution in [0.3, 0.4) is 0 Å². The Hall–Kier alpha value is -2.96. The number of hydrogen-bond donors (Lipinski definition) is 2. The number of nitrogens with zero attached hydrogens (tertiary/aromatic N) is 1. The fraction of sp³-hybridized carbons (Fsp3) is 0.368. The van der Waals surface area contributed by atoms with Crippen LogP contribution in [0.5, 0.6) is 17.2 Å². The van der Waals surface area contributed by atoms with E-state index in [2.05, 4.69) is 36.4 Å². The van der Waals surface area contributed by atoms with E-state index in [0.29, 0.717) is 28.5 Å². The van der Waals surface area contributed by atoms with Crippen LogP contribution in [0.15, 0.2) is 30.5 Å². The van der Waals surface area contributed by atoms with Gasteiger partial charge in [0.15, 0.2) is 11.5 Å². The molecule has 2 rings (SSSR count). The second-order valence-electron chi connectivity index (χ2n) is 6.68. The third-order valence-electron chi connectivity index (χ3n) is 3.45. The first kappa shape index (κ1) is 19.4. The lowest BCUT2D eigenvalue weighted by atomic mass is 10.1. The Morgan fingerprint density at radius 1 is 1.00 bits per heavy atom. The quantitative estimate of drug-likeness (QED) is 0.821. The van der Waals surface area contributed by atoms with E-state index in [1.807, 2.05) is 6.07 Å². The summed E-state index contributed by atoms with van der Waals surface area (Å²) < 4.78 is 15.8. The molecule has 0 aliphatic heterocycles. The Bertz CT molecular complexity index is 742.